The fourth-order valence-corrected chi connectivity index (χ4v) is 6.77. The van der Waals surface area contributed by atoms with Gasteiger partial charge in [-0.3, -0.25) is 0 Å². The molecule has 0 saturated heterocycles. The first-order valence-corrected chi connectivity index (χ1v) is 14.6. The summed E-state index contributed by atoms with van der Waals surface area (Å²) in [6.07, 6.45) is 0. The van der Waals surface area contributed by atoms with Crippen LogP contribution in [-0.2, 0) is 20.9 Å². The molecule has 4 aromatic carbocycles. The predicted molar refractivity (Wildman–Crippen MR) is 171 cm³/mol. The van der Waals surface area contributed by atoms with E-state index < -0.39 is 19.7 Å². The van der Waals surface area contributed by atoms with E-state index in [1.807, 2.05) is 30.3 Å². The van der Waals surface area contributed by atoms with Gasteiger partial charge < -0.3 is 24.8 Å². The van der Waals surface area contributed by atoms with Crippen molar-refractivity contribution in [2.45, 2.75) is 57.8 Å². The largest absolute Gasteiger partial charge is 0.491 e. The minimum atomic E-state index is -1.61. The molecule has 4 N–H and O–H groups in total. The summed E-state index contributed by atoms with van der Waals surface area (Å²) in [5.41, 5.74) is 11.2. The molecule has 0 unspecified atom stereocenters. The van der Waals surface area contributed by atoms with Crippen molar-refractivity contribution in [2.75, 3.05) is 13.2 Å². The molecule has 0 heterocycles. The first kappa shape index (κ1) is 28.9. The Hall–Kier alpha value is -3.19. The molecule has 4 aromatic rings. The molecule has 0 radical (unpaired) electrons. The van der Waals surface area contributed by atoms with E-state index in [0.29, 0.717) is 10.9 Å². The Morgan fingerprint density at radius 3 is 1.43 bits per heavy atom. The third kappa shape index (κ3) is 4.30. The molecule has 2 aliphatic rings. The van der Waals surface area contributed by atoms with Crippen molar-refractivity contribution < 1.29 is 24.8 Å². The molecule has 6 rings (SSSR count). The third-order valence-corrected chi connectivity index (χ3v) is 9.01. The minimum Gasteiger partial charge on any atom is -0.423 e. The molecular formula is C35H38B2O5. The molecular weight excluding hydrogens is 522 g/mol. The maximum absolute atomic E-state index is 10.9. The maximum atomic E-state index is 10.9. The molecule has 0 saturated carbocycles. The minimum absolute atomic E-state index is 0.0247. The van der Waals surface area contributed by atoms with Crippen LogP contribution in [0.25, 0.3) is 22.3 Å². The van der Waals surface area contributed by atoms with Gasteiger partial charge in [0.2, 0.25) is 0 Å². The van der Waals surface area contributed by atoms with E-state index in [1.165, 1.54) is 11.1 Å². The number of aliphatic hydroxyl groups is 1. The van der Waals surface area contributed by atoms with Crippen LogP contribution in [0.4, 0.5) is 0 Å². The van der Waals surface area contributed by atoms with Gasteiger partial charge in [0.1, 0.15) is 0 Å². The second-order valence-corrected chi connectivity index (χ2v) is 13.7. The Bertz CT molecular complexity index is 1630. The Balaban J connectivity index is 1.76. The van der Waals surface area contributed by atoms with Crippen LogP contribution in [0.15, 0.2) is 72.8 Å². The van der Waals surface area contributed by atoms with Crippen LogP contribution in [0.1, 0.15) is 74.9 Å². The van der Waals surface area contributed by atoms with Gasteiger partial charge in [0, 0.05) is 0 Å². The van der Waals surface area contributed by atoms with E-state index in [4.69, 9.17) is 4.65 Å². The van der Waals surface area contributed by atoms with Crippen LogP contribution in [0.2, 0.25) is 0 Å². The highest BCUT2D eigenvalue weighted by Gasteiger charge is 2.53. The SMILES string of the molecule is CC(C)(C)c1ccc2c(c1)C1(c3cc(B(O)O)ccc3-c3ccc(B(O)OCCO)cc31)c1cc(C(C)(C)C)ccc1-2. The zero-order chi connectivity index (χ0) is 30.2. The van der Waals surface area contributed by atoms with Gasteiger partial charge in [-0.1, -0.05) is 114 Å². The smallest absolute Gasteiger partial charge is 0.423 e. The van der Waals surface area contributed by atoms with Gasteiger partial charge in [-0.2, -0.15) is 0 Å². The molecule has 0 aliphatic heterocycles. The van der Waals surface area contributed by atoms with Gasteiger partial charge in [0.25, 0.3) is 0 Å². The van der Waals surface area contributed by atoms with Crippen LogP contribution in [0.5, 0.6) is 0 Å². The monoisotopic (exact) mass is 560 g/mol. The summed E-state index contributed by atoms with van der Waals surface area (Å²) in [4.78, 5) is 0. The van der Waals surface area contributed by atoms with E-state index in [1.54, 1.807) is 6.07 Å². The summed E-state index contributed by atoms with van der Waals surface area (Å²) in [6, 6.07) is 25.1. The van der Waals surface area contributed by atoms with Gasteiger partial charge in [-0.05, 0) is 77.4 Å². The lowest BCUT2D eigenvalue weighted by atomic mass is 9.66. The van der Waals surface area contributed by atoms with Gasteiger partial charge in [-0.25, -0.2) is 0 Å². The zero-order valence-electron chi connectivity index (χ0n) is 25.2. The quantitative estimate of drug-likeness (QED) is 0.240. The lowest BCUT2D eigenvalue weighted by Crippen LogP contribution is -2.37. The number of hydrogen-bond acceptors (Lipinski definition) is 5. The topological polar surface area (TPSA) is 90.2 Å². The van der Waals surface area contributed by atoms with E-state index >= 15 is 0 Å². The number of rotatable bonds is 5. The van der Waals surface area contributed by atoms with E-state index in [9.17, 15) is 20.2 Å². The summed E-state index contributed by atoms with van der Waals surface area (Å²) in [6.45, 7) is 13.1. The van der Waals surface area contributed by atoms with Crippen molar-refractivity contribution in [2.24, 2.45) is 0 Å². The van der Waals surface area contributed by atoms with Crippen molar-refractivity contribution in [1.29, 1.82) is 0 Å². The first-order chi connectivity index (χ1) is 19.8. The van der Waals surface area contributed by atoms with Crippen LogP contribution in [0.3, 0.4) is 0 Å². The summed E-state index contributed by atoms with van der Waals surface area (Å²) in [7, 11) is -2.80. The number of fused-ring (bicyclic) bond motifs is 10. The van der Waals surface area contributed by atoms with Crippen LogP contribution in [0, 0.1) is 0 Å². The molecule has 0 atom stereocenters. The number of aliphatic hydroxyl groups excluding tert-OH is 1. The summed E-state index contributed by atoms with van der Waals surface area (Å²) >= 11 is 0. The highest BCUT2D eigenvalue weighted by atomic mass is 16.5. The van der Waals surface area contributed by atoms with Crippen molar-refractivity contribution in [3.05, 3.63) is 106 Å². The molecule has 7 heteroatoms. The van der Waals surface area contributed by atoms with Crippen LogP contribution in [-0.4, -0.2) is 47.6 Å². The van der Waals surface area contributed by atoms with Crippen LogP contribution < -0.4 is 10.9 Å². The molecule has 0 bridgehead atoms. The highest BCUT2D eigenvalue weighted by Crippen LogP contribution is 2.63. The molecule has 2 aliphatic carbocycles. The van der Waals surface area contributed by atoms with Crippen molar-refractivity contribution in [1.82, 2.24) is 0 Å². The average Bonchev–Trinajstić information content (AvgIpc) is 3.40. The standard InChI is InChI=1S/C35H38B2O5/c1-33(2,3)21-7-11-25-26-12-8-22(34(4,5)6)18-30(26)35(29(25)17-21)31-19-23(36(39)40)9-13-27(31)28-14-10-24(20-32(28)35)37(41)42-16-15-38/h7-14,17-20,38-41H,15-16H2,1-6H3. The fourth-order valence-electron chi connectivity index (χ4n) is 6.77. The number of benzene rings is 4. The highest BCUT2D eigenvalue weighted by molar-refractivity contribution is 6.60. The number of hydrogen-bond donors (Lipinski definition) is 4. The van der Waals surface area contributed by atoms with Crippen LogP contribution >= 0.6 is 0 Å². The summed E-state index contributed by atoms with van der Waals surface area (Å²) in [5.74, 6) is 0. The lowest BCUT2D eigenvalue weighted by molar-refractivity contribution is 0.183. The maximum Gasteiger partial charge on any atom is 0.491 e. The van der Waals surface area contributed by atoms with Crippen molar-refractivity contribution in [3.8, 4) is 22.3 Å². The second-order valence-electron chi connectivity index (χ2n) is 13.7. The average molecular weight is 560 g/mol. The molecule has 1 spiro atoms. The van der Waals surface area contributed by atoms with E-state index in [2.05, 4.69) is 77.9 Å². The molecule has 42 heavy (non-hydrogen) atoms. The Morgan fingerprint density at radius 1 is 0.595 bits per heavy atom. The van der Waals surface area contributed by atoms with Gasteiger partial charge >= 0.3 is 14.2 Å². The Labute approximate surface area is 249 Å². The Morgan fingerprint density at radius 2 is 1.00 bits per heavy atom. The molecule has 0 fully saturated rings. The van der Waals surface area contributed by atoms with E-state index in [0.717, 1.165) is 44.5 Å². The molecule has 5 nitrogen and oxygen atoms in total. The molecule has 0 amide bonds. The van der Waals surface area contributed by atoms with Crippen molar-refractivity contribution >= 4 is 25.2 Å². The van der Waals surface area contributed by atoms with Gasteiger partial charge in [0.05, 0.1) is 18.6 Å². The third-order valence-electron chi connectivity index (χ3n) is 9.01. The molecule has 0 aromatic heterocycles. The zero-order valence-corrected chi connectivity index (χ0v) is 25.2. The molecule has 214 valence electrons. The summed E-state index contributed by atoms with van der Waals surface area (Å²) < 4.78 is 5.52. The Kier molecular flexibility index (Phi) is 6.84. The van der Waals surface area contributed by atoms with Gasteiger partial charge in [0.15, 0.2) is 0 Å². The predicted octanol–water partition coefficient (Wildman–Crippen LogP) is 4.00. The van der Waals surface area contributed by atoms with Crippen molar-refractivity contribution in [3.63, 3.8) is 0 Å². The van der Waals surface area contributed by atoms with E-state index in [-0.39, 0.29) is 24.0 Å². The summed E-state index contributed by atoms with van der Waals surface area (Å²) in [5, 5.41) is 40.8. The lowest BCUT2D eigenvalue weighted by Gasteiger charge is -2.33. The second kappa shape index (κ2) is 9.93. The fraction of sp³-hybridized carbons (Fsp3) is 0.314. The van der Waals surface area contributed by atoms with Gasteiger partial charge in [-0.15, -0.1) is 0 Å². The normalized spacial score (nSPS) is 14.4. The first-order valence-electron chi connectivity index (χ1n) is 14.6.